The molecule has 0 aliphatic heterocycles. The van der Waals surface area contributed by atoms with Crippen molar-refractivity contribution >= 4 is 23.4 Å². The van der Waals surface area contributed by atoms with Crippen LogP contribution in [0.15, 0.2) is 77.9 Å². The number of benzene rings is 2. The number of Topliss-reactive ketones (excluding diaryl/α,β-unsaturated/α-hetero) is 1. The van der Waals surface area contributed by atoms with Crippen LogP contribution >= 0.6 is 0 Å². The molecular weight excluding hydrogens is 532 g/mol. The molecule has 8 nitrogen and oxygen atoms in total. The lowest BCUT2D eigenvalue weighted by atomic mass is 9.77. The Bertz CT molecular complexity index is 1540. The third kappa shape index (κ3) is 5.72. The number of hydrogen-bond acceptors (Lipinski definition) is 6. The summed E-state index contributed by atoms with van der Waals surface area (Å²) in [6, 6.07) is 12.7. The minimum atomic E-state index is -1.11. The highest BCUT2D eigenvalue weighted by atomic mass is 16.5. The molecule has 0 bridgehead atoms. The Labute approximate surface area is 245 Å². The van der Waals surface area contributed by atoms with Gasteiger partial charge in [0, 0.05) is 22.6 Å². The number of rotatable bonds is 9. The standard InChI is InChI=1S/C34H36N2O6/c1-34(2,3)31(30(38)27-16-20(37)17-28(27)33(40)41)36-32(39)22-12-6-8-19(22)9-7-15-42-21-13-14-24-23-10-4-5-11-25(23)29(35)26(24)18-21/h4-11,13-14,18,20,27-28,31,35,37H,12,15-17H2,1-3H3,(H,36,39)(H,40,41)/b9-7+,35-29?/t20-,27?,28+,31+/m0/s1. The molecule has 0 radical (unpaired) electrons. The summed E-state index contributed by atoms with van der Waals surface area (Å²) in [4.78, 5) is 38.6. The van der Waals surface area contributed by atoms with Gasteiger partial charge in [-0.25, -0.2) is 0 Å². The van der Waals surface area contributed by atoms with Crippen molar-refractivity contribution in [2.24, 2.45) is 17.3 Å². The minimum Gasteiger partial charge on any atom is -0.490 e. The van der Waals surface area contributed by atoms with Gasteiger partial charge in [-0.3, -0.25) is 19.8 Å². The van der Waals surface area contributed by atoms with E-state index in [-0.39, 0.29) is 31.1 Å². The number of aliphatic hydroxyl groups is 1. The van der Waals surface area contributed by atoms with E-state index in [0.29, 0.717) is 29.0 Å². The molecule has 1 fully saturated rings. The number of hydrogen-bond donors (Lipinski definition) is 4. The number of carboxylic acid groups (broad SMARTS) is 1. The zero-order valence-corrected chi connectivity index (χ0v) is 24.0. The van der Waals surface area contributed by atoms with Gasteiger partial charge >= 0.3 is 5.97 Å². The molecule has 5 rings (SSSR count). The highest BCUT2D eigenvalue weighted by molar-refractivity contribution is 6.23. The number of carboxylic acids is 1. The Morgan fingerprint density at radius 2 is 1.74 bits per heavy atom. The first kappa shape index (κ1) is 29.2. The zero-order valence-electron chi connectivity index (χ0n) is 24.0. The maximum absolute atomic E-state index is 13.5. The molecule has 0 heterocycles. The largest absolute Gasteiger partial charge is 0.490 e. The number of ether oxygens (including phenoxy) is 1. The molecule has 1 unspecified atom stereocenters. The van der Waals surface area contributed by atoms with Crippen molar-refractivity contribution in [1.82, 2.24) is 5.32 Å². The molecule has 0 saturated heterocycles. The van der Waals surface area contributed by atoms with Crippen molar-refractivity contribution in [2.45, 2.75) is 52.2 Å². The molecular formula is C34H36N2O6. The first-order valence-electron chi connectivity index (χ1n) is 14.2. The van der Waals surface area contributed by atoms with Crippen LogP contribution in [-0.4, -0.2) is 52.3 Å². The third-order valence-corrected chi connectivity index (χ3v) is 8.28. The molecule has 3 aliphatic rings. The molecule has 8 heteroatoms. The molecule has 4 atom stereocenters. The summed E-state index contributed by atoms with van der Waals surface area (Å²) in [6.07, 6.45) is 7.02. The van der Waals surface area contributed by atoms with E-state index < -0.39 is 35.4 Å². The maximum Gasteiger partial charge on any atom is 0.307 e. The zero-order chi connectivity index (χ0) is 30.2. The Hall–Kier alpha value is -4.30. The van der Waals surface area contributed by atoms with Gasteiger partial charge in [-0.1, -0.05) is 63.3 Å². The van der Waals surface area contributed by atoms with Gasteiger partial charge in [-0.15, -0.1) is 0 Å². The SMILES string of the molecule is CC(C)(C)[C@H](NC(=O)C1=C(/C=C/COc2ccc3c(c2)C(=N)c2ccccc2-3)C=CC1)C(=O)C1C[C@H](O)C[C@H]1C(=O)O. The van der Waals surface area contributed by atoms with E-state index in [9.17, 15) is 24.6 Å². The number of allylic oxidation sites excluding steroid dienone is 4. The van der Waals surface area contributed by atoms with Crippen molar-refractivity contribution < 1.29 is 29.3 Å². The first-order valence-corrected chi connectivity index (χ1v) is 14.2. The Kier molecular flexibility index (Phi) is 8.01. The Balaban J connectivity index is 1.25. The van der Waals surface area contributed by atoms with Crippen molar-refractivity contribution in [3.8, 4) is 16.9 Å². The van der Waals surface area contributed by atoms with E-state index in [0.717, 1.165) is 22.3 Å². The second-order valence-electron chi connectivity index (χ2n) is 12.2. The number of fused-ring (bicyclic) bond motifs is 3. The fourth-order valence-electron chi connectivity index (χ4n) is 6.10. The number of aliphatic hydroxyl groups excluding tert-OH is 1. The average Bonchev–Trinajstić information content (AvgIpc) is 3.65. The number of ketones is 1. The van der Waals surface area contributed by atoms with E-state index in [1.54, 1.807) is 0 Å². The molecule has 4 N–H and O–H groups in total. The van der Waals surface area contributed by atoms with Crippen LogP contribution < -0.4 is 10.1 Å². The highest BCUT2D eigenvalue weighted by Crippen LogP contribution is 2.38. The molecule has 2 aromatic rings. The van der Waals surface area contributed by atoms with Crippen molar-refractivity contribution in [3.63, 3.8) is 0 Å². The number of nitrogens with one attached hydrogen (secondary N) is 2. The normalized spacial score (nSPS) is 21.9. The topological polar surface area (TPSA) is 137 Å². The second-order valence-corrected chi connectivity index (χ2v) is 12.2. The average molecular weight is 569 g/mol. The van der Waals surface area contributed by atoms with E-state index in [1.165, 1.54) is 0 Å². The van der Waals surface area contributed by atoms with Crippen LogP contribution in [0.4, 0.5) is 0 Å². The lowest BCUT2D eigenvalue weighted by Crippen LogP contribution is -2.52. The fourth-order valence-corrected chi connectivity index (χ4v) is 6.10. The minimum absolute atomic E-state index is 0.0320. The van der Waals surface area contributed by atoms with Gasteiger partial charge in [-0.2, -0.15) is 0 Å². The number of carbonyl (C=O) groups excluding carboxylic acids is 2. The summed E-state index contributed by atoms with van der Waals surface area (Å²) in [5, 5.41) is 31.1. The Morgan fingerprint density at radius 3 is 2.45 bits per heavy atom. The van der Waals surface area contributed by atoms with Gasteiger partial charge in [0.05, 0.1) is 23.8 Å². The lowest BCUT2D eigenvalue weighted by molar-refractivity contribution is -0.146. The number of carbonyl (C=O) groups is 3. The summed E-state index contributed by atoms with van der Waals surface area (Å²) < 4.78 is 5.93. The summed E-state index contributed by atoms with van der Waals surface area (Å²) in [7, 11) is 0. The fraction of sp³-hybridized carbons (Fsp3) is 0.353. The molecule has 1 amide bonds. The Morgan fingerprint density at radius 1 is 1.05 bits per heavy atom. The van der Waals surface area contributed by atoms with Crippen LogP contribution in [0.3, 0.4) is 0 Å². The van der Waals surface area contributed by atoms with Gasteiger partial charge in [0.15, 0.2) is 5.78 Å². The van der Waals surface area contributed by atoms with Crippen molar-refractivity contribution in [1.29, 1.82) is 5.41 Å². The van der Waals surface area contributed by atoms with E-state index in [4.69, 9.17) is 10.1 Å². The third-order valence-electron chi connectivity index (χ3n) is 8.28. The van der Waals surface area contributed by atoms with Gasteiger partial charge < -0.3 is 20.3 Å². The van der Waals surface area contributed by atoms with Crippen molar-refractivity contribution in [2.75, 3.05) is 6.61 Å². The van der Waals surface area contributed by atoms with E-state index >= 15 is 0 Å². The van der Waals surface area contributed by atoms with Crippen LogP contribution in [-0.2, 0) is 14.4 Å². The predicted octanol–water partition coefficient (Wildman–Crippen LogP) is 4.85. The van der Waals surface area contributed by atoms with Crippen LogP contribution in [0.2, 0.25) is 0 Å². The smallest absolute Gasteiger partial charge is 0.307 e. The van der Waals surface area contributed by atoms with Crippen LogP contribution in [0, 0.1) is 22.7 Å². The van der Waals surface area contributed by atoms with Gasteiger partial charge in [-0.05, 0) is 65.7 Å². The monoisotopic (exact) mass is 568 g/mol. The summed E-state index contributed by atoms with van der Waals surface area (Å²) in [5.41, 5.74) is 4.86. The summed E-state index contributed by atoms with van der Waals surface area (Å²) in [6.45, 7) is 5.75. The van der Waals surface area contributed by atoms with E-state index in [2.05, 4.69) is 5.32 Å². The quantitative estimate of drug-likeness (QED) is 0.291. The van der Waals surface area contributed by atoms with Crippen molar-refractivity contribution in [3.05, 3.63) is 89.0 Å². The number of amides is 1. The van der Waals surface area contributed by atoms with Gasteiger partial charge in [0.1, 0.15) is 12.4 Å². The van der Waals surface area contributed by atoms with Gasteiger partial charge in [0.2, 0.25) is 5.91 Å². The maximum atomic E-state index is 13.5. The molecule has 2 aromatic carbocycles. The number of aliphatic carboxylic acids is 1. The van der Waals surface area contributed by atoms with Crippen LogP contribution in [0.5, 0.6) is 5.75 Å². The molecule has 0 spiro atoms. The predicted molar refractivity (Wildman–Crippen MR) is 159 cm³/mol. The van der Waals surface area contributed by atoms with E-state index in [1.807, 2.05) is 87.5 Å². The summed E-state index contributed by atoms with van der Waals surface area (Å²) in [5.74, 6) is -3.02. The highest BCUT2D eigenvalue weighted by Gasteiger charge is 2.47. The van der Waals surface area contributed by atoms with Crippen LogP contribution in [0.25, 0.3) is 11.1 Å². The second kappa shape index (κ2) is 11.5. The van der Waals surface area contributed by atoms with Gasteiger partial charge in [0.25, 0.3) is 0 Å². The first-order chi connectivity index (χ1) is 20.0. The van der Waals surface area contributed by atoms with Crippen LogP contribution in [0.1, 0.15) is 51.2 Å². The summed E-state index contributed by atoms with van der Waals surface area (Å²) >= 11 is 0. The molecule has 1 saturated carbocycles. The molecule has 3 aliphatic carbocycles. The molecule has 0 aromatic heterocycles. The molecule has 218 valence electrons. The molecule has 42 heavy (non-hydrogen) atoms. The lowest BCUT2D eigenvalue weighted by Gasteiger charge is -2.33.